The highest BCUT2D eigenvalue weighted by atomic mass is 32.1. The molecule has 0 N–H and O–H groups in total. The highest BCUT2D eigenvalue weighted by molar-refractivity contribution is 7.16. The van der Waals surface area contributed by atoms with Crippen LogP contribution in [0, 0.1) is 23.7 Å². The monoisotopic (exact) mass is 555 g/mol. The number of rotatable bonds is 8. The second-order valence-electron chi connectivity index (χ2n) is 7.97. The average molecular weight is 556 g/mol. The zero-order valence-corrected chi connectivity index (χ0v) is 23.6. The first-order valence-electron chi connectivity index (χ1n) is 12.6. The minimum Gasteiger partial charge on any atom is -0.472 e. The van der Waals surface area contributed by atoms with E-state index in [1.807, 2.05) is 18.2 Å². The van der Waals surface area contributed by atoms with E-state index in [0.29, 0.717) is 23.7 Å². The third kappa shape index (κ3) is 8.93. The molecule has 0 aliphatic rings. The van der Waals surface area contributed by atoms with Crippen molar-refractivity contribution in [2.45, 2.75) is 40.2 Å². The minimum atomic E-state index is -0.955. The smallest absolute Gasteiger partial charge is 0.353 e. The molecule has 0 radical (unpaired) electrons. The highest BCUT2D eigenvalue weighted by Crippen LogP contribution is 2.27. The standard InChI is InChI=1S/C19H16N2O3S.C12H13NO2/c1-3-5-13-8-9-20-16(10-13)18(19(22)23-4-2)24-14-6-7-15-17(11-14)25-12-21-15;1-3-5-10-6-7-13-11(8-10)9-12(14)15-4-2/h6-12,18H,4H2,1-2H3;6-8H,4,9H2,1-2H3. The van der Waals surface area contributed by atoms with Crippen molar-refractivity contribution < 1.29 is 23.8 Å². The van der Waals surface area contributed by atoms with Crippen molar-refractivity contribution in [2.24, 2.45) is 0 Å². The number of ether oxygens (including phenoxy) is 3. The number of nitrogens with zero attached hydrogens (tertiary/aromatic N) is 3. The number of aromatic nitrogens is 3. The predicted octanol–water partition coefficient (Wildman–Crippen LogP) is 5.30. The van der Waals surface area contributed by atoms with E-state index >= 15 is 0 Å². The Hall–Kier alpha value is -4.73. The van der Waals surface area contributed by atoms with Crippen molar-refractivity contribution in [1.82, 2.24) is 15.0 Å². The third-order valence-electron chi connectivity index (χ3n) is 5.09. The van der Waals surface area contributed by atoms with E-state index in [0.717, 1.165) is 21.3 Å². The molecule has 0 fully saturated rings. The van der Waals surface area contributed by atoms with Gasteiger partial charge in [-0.25, -0.2) is 9.78 Å². The van der Waals surface area contributed by atoms with Crippen LogP contribution in [0.2, 0.25) is 0 Å². The molecule has 9 heteroatoms. The molecular formula is C31H29N3O5S. The summed E-state index contributed by atoms with van der Waals surface area (Å²) in [6, 6.07) is 12.6. The number of pyridine rings is 2. The van der Waals surface area contributed by atoms with Crippen LogP contribution in [-0.2, 0) is 25.5 Å². The van der Waals surface area contributed by atoms with Gasteiger partial charge < -0.3 is 14.2 Å². The Labute approximate surface area is 237 Å². The molecular weight excluding hydrogens is 526 g/mol. The van der Waals surface area contributed by atoms with Gasteiger partial charge in [-0.2, -0.15) is 0 Å². The molecule has 40 heavy (non-hydrogen) atoms. The predicted molar refractivity (Wildman–Crippen MR) is 154 cm³/mol. The molecule has 0 saturated heterocycles. The molecule has 4 aromatic rings. The van der Waals surface area contributed by atoms with Gasteiger partial charge in [0, 0.05) is 23.5 Å². The van der Waals surface area contributed by atoms with E-state index in [4.69, 9.17) is 14.2 Å². The van der Waals surface area contributed by atoms with Crippen molar-refractivity contribution >= 4 is 33.5 Å². The Kier molecular flexibility index (Phi) is 11.6. The Balaban J connectivity index is 0.000000252. The Morgan fingerprint density at radius 3 is 2.27 bits per heavy atom. The lowest BCUT2D eigenvalue weighted by Gasteiger charge is -2.17. The summed E-state index contributed by atoms with van der Waals surface area (Å²) in [4.78, 5) is 36.2. The maximum absolute atomic E-state index is 12.4. The lowest BCUT2D eigenvalue weighted by Crippen LogP contribution is -2.22. The fourth-order valence-corrected chi connectivity index (χ4v) is 4.17. The zero-order chi connectivity index (χ0) is 28.7. The molecule has 0 saturated carbocycles. The number of hydrogen-bond donors (Lipinski definition) is 0. The van der Waals surface area contributed by atoms with E-state index in [1.54, 1.807) is 69.9 Å². The van der Waals surface area contributed by atoms with Crippen LogP contribution >= 0.6 is 11.3 Å². The third-order valence-corrected chi connectivity index (χ3v) is 5.88. The first-order valence-corrected chi connectivity index (χ1v) is 13.4. The van der Waals surface area contributed by atoms with Crippen LogP contribution in [0.4, 0.5) is 0 Å². The van der Waals surface area contributed by atoms with Gasteiger partial charge in [0.15, 0.2) is 0 Å². The Bertz CT molecular complexity index is 1580. The summed E-state index contributed by atoms with van der Waals surface area (Å²) >= 11 is 1.51. The number of carbonyl (C=O) groups excluding carboxylic acids is 2. The topological polar surface area (TPSA) is 101 Å². The van der Waals surface area contributed by atoms with E-state index in [1.165, 1.54) is 11.3 Å². The lowest BCUT2D eigenvalue weighted by atomic mass is 10.1. The molecule has 1 unspecified atom stereocenters. The first-order chi connectivity index (χ1) is 19.5. The molecule has 204 valence electrons. The van der Waals surface area contributed by atoms with Crippen molar-refractivity contribution in [3.05, 3.63) is 82.9 Å². The molecule has 0 aliphatic carbocycles. The van der Waals surface area contributed by atoms with Crippen LogP contribution in [-0.4, -0.2) is 40.1 Å². The maximum Gasteiger partial charge on any atom is 0.353 e. The van der Waals surface area contributed by atoms with E-state index in [2.05, 4.69) is 38.6 Å². The highest BCUT2D eigenvalue weighted by Gasteiger charge is 2.26. The van der Waals surface area contributed by atoms with Crippen LogP contribution < -0.4 is 4.74 Å². The number of benzene rings is 1. The van der Waals surface area contributed by atoms with Gasteiger partial charge in [-0.3, -0.25) is 14.8 Å². The number of hydrogen-bond acceptors (Lipinski definition) is 9. The van der Waals surface area contributed by atoms with Crippen LogP contribution in [0.3, 0.4) is 0 Å². The van der Waals surface area contributed by atoms with Crippen molar-refractivity contribution in [1.29, 1.82) is 0 Å². The van der Waals surface area contributed by atoms with Crippen LogP contribution in [0.1, 0.15) is 56.3 Å². The normalized spacial score (nSPS) is 10.5. The van der Waals surface area contributed by atoms with Crippen molar-refractivity contribution in [3.63, 3.8) is 0 Å². The van der Waals surface area contributed by atoms with Gasteiger partial charge in [-0.05, 0) is 70.2 Å². The number of fused-ring (bicyclic) bond motifs is 1. The number of esters is 2. The molecule has 0 bridgehead atoms. The summed E-state index contributed by atoms with van der Waals surface area (Å²) in [5, 5.41) is 0. The summed E-state index contributed by atoms with van der Waals surface area (Å²) in [7, 11) is 0. The fraction of sp³-hybridized carbons (Fsp3) is 0.258. The number of thiazole rings is 1. The molecule has 0 amide bonds. The Morgan fingerprint density at radius 1 is 0.875 bits per heavy atom. The van der Waals surface area contributed by atoms with Gasteiger partial charge in [0.05, 0.1) is 46.7 Å². The van der Waals surface area contributed by atoms with Gasteiger partial charge in [0.1, 0.15) is 5.75 Å². The van der Waals surface area contributed by atoms with Crippen LogP contribution in [0.5, 0.6) is 5.75 Å². The molecule has 3 heterocycles. The van der Waals surface area contributed by atoms with Gasteiger partial charge in [-0.15, -0.1) is 23.2 Å². The lowest BCUT2D eigenvalue weighted by molar-refractivity contribution is -0.152. The largest absolute Gasteiger partial charge is 0.472 e. The second-order valence-corrected chi connectivity index (χ2v) is 8.86. The van der Waals surface area contributed by atoms with Crippen molar-refractivity contribution in [3.8, 4) is 29.4 Å². The van der Waals surface area contributed by atoms with Gasteiger partial charge in [0.25, 0.3) is 0 Å². The van der Waals surface area contributed by atoms with Crippen LogP contribution in [0.25, 0.3) is 10.2 Å². The maximum atomic E-state index is 12.4. The molecule has 1 aromatic carbocycles. The van der Waals surface area contributed by atoms with Gasteiger partial charge >= 0.3 is 11.9 Å². The van der Waals surface area contributed by atoms with Crippen molar-refractivity contribution in [2.75, 3.05) is 13.2 Å². The molecule has 8 nitrogen and oxygen atoms in total. The SMILES string of the molecule is CC#Cc1ccnc(C(Oc2ccc3ncsc3c2)C(=O)OCC)c1.CC#Cc1ccnc(CC(=O)OCC)c1. The van der Waals surface area contributed by atoms with E-state index in [9.17, 15) is 9.59 Å². The number of carbonyl (C=O) groups is 2. The minimum absolute atomic E-state index is 0.201. The zero-order valence-electron chi connectivity index (χ0n) is 22.8. The summed E-state index contributed by atoms with van der Waals surface area (Å²) in [5.41, 5.74) is 5.45. The quantitative estimate of drug-likeness (QED) is 0.213. The molecule has 0 aliphatic heterocycles. The van der Waals surface area contributed by atoms with Gasteiger partial charge in [0.2, 0.25) is 6.10 Å². The summed E-state index contributed by atoms with van der Waals surface area (Å²) in [6.07, 6.45) is 2.50. The first kappa shape index (κ1) is 29.8. The summed E-state index contributed by atoms with van der Waals surface area (Å²) in [5.74, 6) is 11.3. The summed E-state index contributed by atoms with van der Waals surface area (Å²) in [6.45, 7) is 7.72. The molecule has 3 aromatic heterocycles. The van der Waals surface area contributed by atoms with Gasteiger partial charge in [-0.1, -0.05) is 11.8 Å². The molecule has 1 atom stereocenters. The Morgan fingerprint density at radius 2 is 1.57 bits per heavy atom. The van der Waals surface area contributed by atoms with E-state index in [-0.39, 0.29) is 19.0 Å². The second kappa shape index (κ2) is 15.6. The average Bonchev–Trinajstić information content (AvgIpc) is 3.41. The molecule has 0 spiro atoms. The summed E-state index contributed by atoms with van der Waals surface area (Å²) < 4.78 is 16.9. The molecule has 4 rings (SSSR count). The fourth-order valence-electron chi connectivity index (χ4n) is 3.46. The van der Waals surface area contributed by atoms with E-state index < -0.39 is 12.1 Å². The van der Waals surface area contributed by atoms with Crippen LogP contribution in [0.15, 0.2) is 60.4 Å².